The van der Waals surface area contributed by atoms with Crippen molar-refractivity contribution in [3.8, 4) is 0 Å². The molecule has 1 nitrogen and oxygen atoms in total. The zero-order valence-corrected chi connectivity index (χ0v) is 8.02. The van der Waals surface area contributed by atoms with Gasteiger partial charge in [-0.3, -0.25) is 0 Å². The van der Waals surface area contributed by atoms with Gasteiger partial charge in [0.15, 0.2) is 0 Å². The van der Waals surface area contributed by atoms with Crippen molar-refractivity contribution in [1.29, 1.82) is 0 Å². The van der Waals surface area contributed by atoms with Gasteiger partial charge in [0.25, 0.3) is 0 Å². The maximum Gasteiger partial charge on any atom is 1.00 e. The molecule has 0 aromatic rings. The largest absolute Gasteiger partial charge is 1.00 e. The molecule has 0 saturated carbocycles. The average Bonchev–Trinajstić information content (AvgIpc) is 0. The fourth-order valence-electron chi connectivity index (χ4n) is 0. The predicted molar refractivity (Wildman–Crippen MR) is 12.3 cm³/mol. The van der Waals surface area contributed by atoms with Crippen LogP contribution in [0.15, 0.2) is 0 Å². The quantitative estimate of drug-likeness (QED) is 0.364. The van der Waals surface area contributed by atoms with E-state index in [1.165, 1.54) is 0 Å². The molecule has 24 valence electrons. The summed E-state index contributed by atoms with van der Waals surface area (Å²) in [6.45, 7) is 0. The molecule has 0 spiro atoms. The fraction of sp³-hybridized carbons (Fsp3) is 0. The molecule has 4 heteroatoms. The van der Waals surface area contributed by atoms with Crippen LogP contribution >= 0.6 is 12.4 Å². The van der Waals surface area contributed by atoms with Crippen molar-refractivity contribution in [1.82, 2.24) is 6.15 Å². The summed E-state index contributed by atoms with van der Waals surface area (Å²) in [6, 6.07) is 0. The van der Waals surface area contributed by atoms with E-state index < -0.39 is 0 Å². The third-order valence-corrected chi connectivity index (χ3v) is 0. The van der Waals surface area contributed by atoms with Gasteiger partial charge in [-0.1, -0.05) is 0 Å². The topological polar surface area (TPSA) is 35.0 Å². The summed E-state index contributed by atoms with van der Waals surface area (Å²) in [5, 5.41) is 0. The Labute approximate surface area is 85.1 Å². The first-order valence-electron chi connectivity index (χ1n) is 0. The number of hydrogen-bond acceptors (Lipinski definition) is 1. The van der Waals surface area contributed by atoms with Crippen LogP contribution in [0.2, 0.25) is 0 Å². The molecule has 0 heterocycles. The third kappa shape index (κ3) is 8.84. The fourth-order valence-corrected chi connectivity index (χ4v) is 0. The van der Waals surface area contributed by atoms with Crippen LogP contribution in [-0.4, -0.2) is 0 Å². The van der Waals surface area contributed by atoms with Crippen LogP contribution in [0.3, 0.4) is 0 Å². The van der Waals surface area contributed by atoms with Gasteiger partial charge in [-0.15, -0.1) is 12.4 Å². The van der Waals surface area contributed by atoms with E-state index in [-0.39, 0.29) is 86.9 Å². The smallest absolute Gasteiger partial charge is 1.00 e. The molecule has 0 aromatic carbocycles. The van der Waals surface area contributed by atoms with Crippen LogP contribution in [0.4, 0.5) is 0 Å². The second kappa shape index (κ2) is 18.3. The van der Waals surface area contributed by atoms with Gasteiger partial charge in [-0.2, -0.15) is 0 Å². The molecule has 3 N–H and O–H groups in total. The van der Waals surface area contributed by atoms with E-state index in [9.17, 15) is 0 Å². The first-order chi connectivity index (χ1) is 0. The van der Waals surface area contributed by atoms with Crippen LogP contribution in [0.5, 0.6) is 0 Å². The Hall–Kier alpha value is 2.37. The molecule has 0 saturated heterocycles. The van der Waals surface area contributed by atoms with Crippen molar-refractivity contribution < 1.29 is 68.4 Å². The molecule has 0 rings (SSSR count). The molecule has 0 aliphatic rings. The molecule has 0 unspecified atom stereocenters. The van der Waals surface area contributed by atoms with Crippen molar-refractivity contribution in [3.63, 3.8) is 0 Å². The van der Waals surface area contributed by atoms with Gasteiger partial charge >= 0.3 is 51.4 Å². The maximum absolute atomic E-state index is 0. The maximum atomic E-state index is 0. The molecule has 4 heavy (non-hydrogen) atoms. The number of rotatable bonds is 0. The van der Waals surface area contributed by atoms with Gasteiger partial charge in [0.1, 0.15) is 0 Å². The van der Waals surface area contributed by atoms with E-state index in [1.807, 2.05) is 0 Å². The van der Waals surface area contributed by atoms with Gasteiger partial charge in [-0.25, -0.2) is 0 Å². The Morgan fingerprint density at radius 1 is 1.00 bits per heavy atom. The zero-order chi connectivity index (χ0) is 0. The van der Waals surface area contributed by atoms with Crippen LogP contribution < -0.4 is 74.5 Å². The molecule has 0 radical (unpaired) electrons. The summed E-state index contributed by atoms with van der Waals surface area (Å²) in [4.78, 5) is 0. The van der Waals surface area contributed by atoms with E-state index in [0.717, 1.165) is 0 Å². The molecule has 0 amide bonds. The normalized spacial score (nSPS) is 0. The summed E-state index contributed by atoms with van der Waals surface area (Å²) < 4.78 is 0. The van der Waals surface area contributed by atoms with Gasteiger partial charge in [0, 0.05) is 0 Å². The molecule has 0 aliphatic carbocycles. The van der Waals surface area contributed by atoms with E-state index in [4.69, 9.17) is 0 Å². The Balaban J connectivity index is 0. The summed E-state index contributed by atoms with van der Waals surface area (Å²) in [7, 11) is 0. The number of hydrogen-bond donors (Lipinski definition) is 1. The molecular formula is H4BrClKN. The molecule has 0 aliphatic heterocycles. The molecule has 0 bridgehead atoms. The van der Waals surface area contributed by atoms with E-state index >= 15 is 0 Å². The first kappa shape index (κ1) is 32.7. The Kier molecular flexibility index (Phi) is 150. The Bertz CT molecular complexity index is 8.00. The van der Waals surface area contributed by atoms with Crippen LogP contribution in [0, 0.1) is 0 Å². The van der Waals surface area contributed by atoms with Gasteiger partial charge in [0.2, 0.25) is 0 Å². The minimum absolute atomic E-state index is 0. The second-order valence-corrected chi connectivity index (χ2v) is 0. The molecule has 0 fully saturated rings. The van der Waals surface area contributed by atoms with E-state index in [2.05, 4.69) is 0 Å². The van der Waals surface area contributed by atoms with Gasteiger partial charge in [-0.05, 0) is 0 Å². The van der Waals surface area contributed by atoms with Crippen molar-refractivity contribution >= 4 is 12.4 Å². The SMILES string of the molecule is Cl.N.[Br-].[K+]. The van der Waals surface area contributed by atoms with Gasteiger partial charge < -0.3 is 23.1 Å². The predicted octanol–water partition coefficient (Wildman–Crippen LogP) is -5.41. The Morgan fingerprint density at radius 2 is 1.00 bits per heavy atom. The van der Waals surface area contributed by atoms with Crippen LogP contribution in [0.25, 0.3) is 0 Å². The third-order valence-electron chi connectivity index (χ3n) is 0. The van der Waals surface area contributed by atoms with E-state index in [0.29, 0.717) is 0 Å². The minimum atomic E-state index is 0. The van der Waals surface area contributed by atoms with Crippen LogP contribution in [-0.2, 0) is 0 Å². The van der Waals surface area contributed by atoms with Crippen molar-refractivity contribution in [2.45, 2.75) is 0 Å². The zero-order valence-electron chi connectivity index (χ0n) is 2.49. The van der Waals surface area contributed by atoms with E-state index in [1.54, 1.807) is 0 Å². The first-order valence-corrected chi connectivity index (χ1v) is 0. The standard InChI is InChI=1S/BrH.ClH.K.H3N/h2*1H;;1H3/q;;+1;/p-1. The summed E-state index contributed by atoms with van der Waals surface area (Å²) in [5.74, 6) is 0. The van der Waals surface area contributed by atoms with Gasteiger partial charge in [0.05, 0.1) is 0 Å². The Morgan fingerprint density at radius 3 is 1.00 bits per heavy atom. The molecule has 0 atom stereocenters. The molecular weight excluding hydrogens is 168 g/mol. The second-order valence-electron chi connectivity index (χ2n) is 0. The summed E-state index contributed by atoms with van der Waals surface area (Å²) in [5.41, 5.74) is 0. The monoisotopic (exact) mass is 171 g/mol. The minimum Gasteiger partial charge on any atom is -1.00 e. The van der Waals surface area contributed by atoms with Crippen molar-refractivity contribution in [2.24, 2.45) is 0 Å². The average molecular weight is 172 g/mol. The van der Waals surface area contributed by atoms with Crippen molar-refractivity contribution in [3.05, 3.63) is 0 Å². The molecule has 0 aromatic heterocycles. The number of halogens is 2. The summed E-state index contributed by atoms with van der Waals surface area (Å²) in [6.07, 6.45) is 0. The summed E-state index contributed by atoms with van der Waals surface area (Å²) >= 11 is 0. The van der Waals surface area contributed by atoms with Crippen molar-refractivity contribution in [2.75, 3.05) is 0 Å². The van der Waals surface area contributed by atoms with Crippen LogP contribution in [0.1, 0.15) is 0 Å².